The van der Waals surface area contributed by atoms with Gasteiger partial charge in [-0.25, -0.2) is 0 Å². The van der Waals surface area contributed by atoms with E-state index in [9.17, 15) is 4.79 Å². The van der Waals surface area contributed by atoms with Gasteiger partial charge in [0.2, 0.25) is 5.91 Å². The zero-order chi connectivity index (χ0) is 12.0. The lowest BCUT2D eigenvalue weighted by Gasteiger charge is -2.10. The Kier molecular flexibility index (Phi) is 4.79. The number of aliphatic hydroxyl groups excluding tert-OH is 1. The Morgan fingerprint density at radius 2 is 2.19 bits per heavy atom. The van der Waals surface area contributed by atoms with E-state index in [4.69, 9.17) is 10.8 Å². The second-order valence-corrected chi connectivity index (χ2v) is 3.97. The van der Waals surface area contributed by atoms with Crippen molar-refractivity contribution in [2.24, 2.45) is 5.92 Å². The number of anilines is 1. The minimum atomic E-state index is -0.0711. The first-order valence-corrected chi connectivity index (χ1v) is 5.34. The summed E-state index contributed by atoms with van der Waals surface area (Å²) in [5, 5.41) is 11.6. The third-order valence-corrected chi connectivity index (χ3v) is 2.37. The second-order valence-electron chi connectivity index (χ2n) is 3.97. The lowest BCUT2D eigenvalue weighted by molar-refractivity contribution is -0.120. The summed E-state index contributed by atoms with van der Waals surface area (Å²) in [5.74, 6) is 0.00951. The largest absolute Gasteiger partial charge is 0.398 e. The summed E-state index contributed by atoms with van der Waals surface area (Å²) >= 11 is 0. The van der Waals surface area contributed by atoms with Crippen molar-refractivity contribution in [1.29, 1.82) is 0 Å². The molecular weight excluding hydrogens is 204 g/mol. The number of amides is 1. The molecule has 0 spiro atoms. The molecule has 0 saturated heterocycles. The Hall–Kier alpha value is -1.55. The summed E-state index contributed by atoms with van der Waals surface area (Å²) < 4.78 is 0. The molecule has 1 unspecified atom stereocenters. The number of hydrogen-bond acceptors (Lipinski definition) is 3. The number of nitrogens with two attached hydrogens (primary N) is 1. The summed E-state index contributed by atoms with van der Waals surface area (Å²) in [5.41, 5.74) is 7.19. The molecule has 0 radical (unpaired) electrons. The Morgan fingerprint density at radius 1 is 1.50 bits per heavy atom. The van der Waals surface area contributed by atoms with Crippen LogP contribution >= 0.6 is 0 Å². The van der Waals surface area contributed by atoms with Crippen molar-refractivity contribution in [2.75, 3.05) is 18.9 Å². The van der Waals surface area contributed by atoms with Gasteiger partial charge in [0.15, 0.2) is 0 Å². The minimum Gasteiger partial charge on any atom is -0.398 e. The SMILES string of the molecule is CC(CO)CNC(=O)Cc1ccccc1N. The molecule has 1 rings (SSSR count). The highest BCUT2D eigenvalue weighted by atomic mass is 16.3. The van der Waals surface area contributed by atoms with E-state index >= 15 is 0 Å². The third-order valence-electron chi connectivity index (χ3n) is 2.37. The van der Waals surface area contributed by atoms with Gasteiger partial charge in [0, 0.05) is 18.8 Å². The standard InChI is InChI=1S/C12H18N2O2/c1-9(8-15)7-14-12(16)6-10-4-2-3-5-11(10)13/h2-5,9,15H,6-8,13H2,1H3,(H,14,16). The highest BCUT2D eigenvalue weighted by Gasteiger charge is 2.07. The smallest absolute Gasteiger partial charge is 0.224 e. The highest BCUT2D eigenvalue weighted by molar-refractivity contribution is 5.80. The van der Waals surface area contributed by atoms with E-state index in [0.717, 1.165) is 5.56 Å². The van der Waals surface area contributed by atoms with Gasteiger partial charge in [0.05, 0.1) is 6.42 Å². The summed E-state index contributed by atoms with van der Waals surface area (Å²) in [7, 11) is 0. The van der Waals surface area contributed by atoms with Crippen LogP contribution in [-0.4, -0.2) is 24.2 Å². The molecule has 0 aliphatic heterocycles. The molecule has 0 aliphatic rings. The van der Waals surface area contributed by atoms with E-state index < -0.39 is 0 Å². The second kappa shape index (κ2) is 6.12. The van der Waals surface area contributed by atoms with Gasteiger partial charge in [-0.15, -0.1) is 0 Å². The zero-order valence-corrected chi connectivity index (χ0v) is 9.44. The first kappa shape index (κ1) is 12.5. The van der Waals surface area contributed by atoms with E-state index in [1.807, 2.05) is 25.1 Å². The molecule has 0 aliphatic carbocycles. The first-order chi connectivity index (χ1) is 7.63. The Labute approximate surface area is 95.5 Å². The molecule has 4 nitrogen and oxygen atoms in total. The van der Waals surface area contributed by atoms with Gasteiger partial charge in [-0.3, -0.25) is 4.79 Å². The fraction of sp³-hybridized carbons (Fsp3) is 0.417. The molecule has 4 N–H and O–H groups in total. The van der Waals surface area contributed by atoms with Crippen LogP contribution in [0.25, 0.3) is 0 Å². The third kappa shape index (κ3) is 3.90. The molecule has 0 aromatic heterocycles. The highest BCUT2D eigenvalue weighted by Crippen LogP contribution is 2.10. The molecular formula is C12H18N2O2. The van der Waals surface area contributed by atoms with Gasteiger partial charge >= 0.3 is 0 Å². The summed E-state index contributed by atoms with van der Waals surface area (Å²) in [6.07, 6.45) is 0.283. The maximum atomic E-state index is 11.5. The van der Waals surface area contributed by atoms with Gasteiger partial charge in [0.25, 0.3) is 0 Å². The van der Waals surface area contributed by atoms with Crippen LogP contribution in [0.5, 0.6) is 0 Å². The molecule has 0 fully saturated rings. The molecule has 4 heteroatoms. The molecule has 0 saturated carbocycles. The number of hydrogen-bond donors (Lipinski definition) is 3. The van der Waals surface area contributed by atoms with Gasteiger partial charge in [-0.2, -0.15) is 0 Å². The van der Waals surface area contributed by atoms with Crippen molar-refractivity contribution >= 4 is 11.6 Å². The van der Waals surface area contributed by atoms with E-state index in [0.29, 0.717) is 12.2 Å². The van der Waals surface area contributed by atoms with Crippen molar-refractivity contribution < 1.29 is 9.90 Å². The summed E-state index contributed by atoms with van der Waals surface area (Å²) in [6.45, 7) is 2.44. The number of nitrogens with one attached hydrogen (secondary N) is 1. The van der Waals surface area contributed by atoms with Crippen LogP contribution in [0.1, 0.15) is 12.5 Å². The quantitative estimate of drug-likeness (QED) is 0.637. The van der Waals surface area contributed by atoms with Crippen molar-refractivity contribution in [1.82, 2.24) is 5.32 Å². The molecule has 0 bridgehead atoms. The summed E-state index contributed by atoms with van der Waals surface area (Å²) in [4.78, 5) is 11.5. The predicted octanol–water partition coefficient (Wildman–Crippen LogP) is 0.556. The van der Waals surface area contributed by atoms with Gasteiger partial charge in [-0.05, 0) is 17.5 Å². The predicted molar refractivity (Wildman–Crippen MR) is 63.8 cm³/mol. The normalized spacial score (nSPS) is 12.1. The van der Waals surface area contributed by atoms with Crippen molar-refractivity contribution in [3.05, 3.63) is 29.8 Å². The van der Waals surface area contributed by atoms with Gasteiger partial charge in [0.1, 0.15) is 0 Å². The molecule has 1 aromatic rings. The van der Waals surface area contributed by atoms with E-state index in [2.05, 4.69) is 5.32 Å². The summed E-state index contributed by atoms with van der Waals surface area (Å²) in [6, 6.07) is 7.31. The van der Waals surface area contributed by atoms with E-state index in [1.165, 1.54) is 0 Å². The van der Waals surface area contributed by atoms with Crippen molar-refractivity contribution in [3.8, 4) is 0 Å². The van der Waals surface area contributed by atoms with Gasteiger partial charge in [-0.1, -0.05) is 25.1 Å². The first-order valence-electron chi connectivity index (χ1n) is 5.34. The number of benzene rings is 1. The maximum absolute atomic E-state index is 11.5. The Bertz CT molecular complexity index is 353. The lowest BCUT2D eigenvalue weighted by Crippen LogP contribution is -2.30. The lowest BCUT2D eigenvalue weighted by atomic mass is 10.1. The molecule has 16 heavy (non-hydrogen) atoms. The Morgan fingerprint density at radius 3 is 2.81 bits per heavy atom. The van der Waals surface area contributed by atoms with Crippen molar-refractivity contribution in [3.63, 3.8) is 0 Å². The van der Waals surface area contributed by atoms with Crippen LogP contribution in [0.3, 0.4) is 0 Å². The van der Waals surface area contributed by atoms with Crippen LogP contribution in [0.15, 0.2) is 24.3 Å². The number of nitrogen functional groups attached to an aromatic ring is 1. The number of carbonyl (C=O) groups is 1. The molecule has 1 amide bonds. The average Bonchev–Trinajstić information content (AvgIpc) is 2.29. The molecule has 1 aromatic carbocycles. The zero-order valence-electron chi connectivity index (χ0n) is 9.44. The fourth-order valence-corrected chi connectivity index (χ4v) is 1.28. The minimum absolute atomic E-state index is 0.0711. The topological polar surface area (TPSA) is 75.3 Å². The monoisotopic (exact) mass is 222 g/mol. The van der Waals surface area contributed by atoms with E-state index in [-0.39, 0.29) is 24.9 Å². The van der Waals surface area contributed by atoms with Crippen molar-refractivity contribution in [2.45, 2.75) is 13.3 Å². The van der Waals surface area contributed by atoms with Gasteiger partial charge < -0.3 is 16.2 Å². The molecule has 88 valence electrons. The maximum Gasteiger partial charge on any atom is 0.224 e. The molecule has 1 atom stereocenters. The number of carbonyl (C=O) groups excluding carboxylic acids is 1. The number of aliphatic hydroxyl groups is 1. The average molecular weight is 222 g/mol. The van der Waals surface area contributed by atoms with Crippen LogP contribution in [0, 0.1) is 5.92 Å². The van der Waals surface area contributed by atoms with E-state index in [1.54, 1.807) is 6.07 Å². The number of rotatable bonds is 5. The number of para-hydroxylation sites is 1. The molecule has 0 heterocycles. The van der Waals surface area contributed by atoms with Crippen LogP contribution in [0.4, 0.5) is 5.69 Å². The van der Waals surface area contributed by atoms with Crippen LogP contribution < -0.4 is 11.1 Å². The fourth-order valence-electron chi connectivity index (χ4n) is 1.28. The Balaban J connectivity index is 2.43. The van der Waals surface area contributed by atoms with Crippen LogP contribution in [0.2, 0.25) is 0 Å². The van der Waals surface area contributed by atoms with Crippen LogP contribution in [-0.2, 0) is 11.2 Å².